The molecular weight excluding hydrogens is 388 g/mol. The number of benzene rings is 2. The highest BCUT2D eigenvalue weighted by atomic mass is 35.5. The summed E-state index contributed by atoms with van der Waals surface area (Å²) >= 11 is 11.8. The molecule has 3 nitrogen and oxygen atoms in total. The highest BCUT2D eigenvalue weighted by Gasteiger charge is 2.28. The highest BCUT2D eigenvalue weighted by molar-refractivity contribution is 6.33. The molecule has 0 saturated heterocycles. The second-order valence-corrected chi connectivity index (χ2v) is 6.62. The molecule has 1 unspecified atom stereocenters. The van der Waals surface area contributed by atoms with Gasteiger partial charge in [0.2, 0.25) is 0 Å². The van der Waals surface area contributed by atoms with Crippen LogP contribution in [0.2, 0.25) is 10.0 Å². The summed E-state index contributed by atoms with van der Waals surface area (Å²) < 4.78 is 43.2. The van der Waals surface area contributed by atoms with Crippen LogP contribution in [0.1, 0.15) is 23.1 Å². The molecule has 0 bridgehead atoms. The van der Waals surface area contributed by atoms with Gasteiger partial charge in [-0.05, 0) is 37.3 Å². The molecule has 0 aliphatic carbocycles. The molecule has 26 heavy (non-hydrogen) atoms. The normalized spacial score (nSPS) is 12.5. The van der Waals surface area contributed by atoms with E-state index in [1.807, 2.05) is 0 Å². The summed E-state index contributed by atoms with van der Waals surface area (Å²) in [6.07, 6.45) is -1.67. The second kappa shape index (κ2) is 6.95. The molecule has 1 N–H and O–H groups in total. The molecule has 0 amide bonds. The summed E-state index contributed by atoms with van der Waals surface area (Å²) in [5, 5.41) is 14.9. The van der Waals surface area contributed by atoms with Gasteiger partial charge in [-0.2, -0.15) is 5.10 Å². The van der Waals surface area contributed by atoms with Crippen LogP contribution in [0, 0.1) is 24.4 Å². The van der Waals surface area contributed by atoms with Gasteiger partial charge in [0.05, 0.1) is 22.0 Å². The smallest absolute Gasteiger partial charge is 0.133 e. The Bertz CT molecular complexity index is 981. The summed E-state index contributed by atoms with van der Waals surface area (Å²) in [7, 11) is 1.53. The average molecular weight is 401 g/mol. The van der Waals surface area contributed by atoms with Crippen LogP contribution in [0.4, 0.5) is 13.2 Å². The molecule has 1 heterocycles. The van der Waals surface area contributed by atoms with Gasteiger partial charge in [0.1, 0.15) is 23.6 Å². The van der Waals surface area contributed by atoms with E-state index in [0.29, 0.717) is 16.8 Å². The minimum atomic E-state index is -1.67. The summed E-state index contributed by atoms with van der Waals surface area (Å²) in [5.41, 5.74) is 0.791. The molecule has 3 rings (SSSR count). The lowest BCUT2D eigenvalue weighted by molar-refractivity contribution is 0.199. The first-order valence-corrected chi connectivity index (χ1v) is 8.27. The van der Waals surface area contributed by atoms with Crippen LogP contribution in [0.25, 0.3) is 11.1 Å². The fourth-order valence-electron chi connectivity index (χ4n) is 2.97. The van der Waals surface area contributed by atoms with Gasteiger partial charge < -0.3 is 5.11 Å². The Kier molecular flexibility index (Phi) is 5.01. The van der Waals surface area contributed by atoms with E-state index in [1.54, 1.807) is 6.92 Å². The number of aryl methyl sites for hydroxylation is 2. The van der Waals surface area contributed by atoms with Crippen molar-refractivity contribution < 1.29 is 18.3 Å². The van der Waals surface area contributed by atoms with Gasteiger partial charge in [0, 0.05) is 23.2 Å². The summed E-state index contributed by atoms with van der Waals surface area (Å²) in [6, 6.07) is 5.57. The summed E-state index contributed by atoms with van der Waals surface area (Å²) in [4.78, 5) is 0. The van der Waals surface area contributed by atoms with Gasteiger partial charge in [-0.15, -0.1) is 0 Å². The van der Waals surface area contributed by atoms with E-state index in [2.05, 4.69) is 5.10 Å². The Morgan fingerprint density at radius 2 is 1.69 bits per heavy atom. The third kappa shape index (κ3) is 3.20. The maximum Gasteiger partial charge on any atom is 0.133 e. The number of halogens is 5. The van der Waals surface area contributed by atoms with E-state index >= 15 is 0 Å². The zero-order chi connectivity index (χ0) is 19.2. The predicted octanol–water partition coefficient (Wildman–Crippen LogP) is 5.20. The monoisotopic (exact) mass is 400 g/mol. The molecule has 0 radical (unpaired) electrons. The minimum Gasteiger partial charge on any atom is -0.382 e. The number of rotatable bonds is 3. The van der Waals surface area contributed by atoms with Crippen molar-refractivity contribution in [3.8, 4) is 11.1 Å². The maximum absolute atomic E-state index is 14.3. The Morgan fingerprint density at radius 1 is 1.08 bits per heavy atom. The average Bonchev–Trinajstić information content (AvgIpc) is 2.80. The summed E-state index contributed by atoms with van der Waals surface area (Å²) in [6.45, 7) is 1.65. The van der Waals surface area contributed by atoms with E-state index in [1.165, 1.54) is 23.9 Å². The van der Waals surface area contributed by atoms with E-state index in [0.717, 1.165) is 18.2 Å². The van der Waals surface area contributed by atoms with Crippen molar-refractivity contribution in [1.82, 2.24) is 9.78 Å². The third-order valence-corrected chi connectivity index (χ3v) is 4.57. The zero-order valence-electron chi connectivity index (χ0n) is 13.7. The number of aromatic nitrogens is 2. The molecule has 1 atom stereocenters. The van der Waals surface area contributed by atoms with Crippen LogP contribution < -0.4 is 0 Å². The van der Waals surface area contributed by atoms with Gasteiger partial charge in [-0.25, -0.2) is 13.2 Å². The third-order valence-electron chi connectivity index (χ3n) is 4.04. The van der Waals surface area contributed by atoms with E-state index in [-0.39, 0.29) is 15.7 Å². The molecule has 2 aromatic carbocycles. The number of hydrogen-bond acceptors (Lipinski definition) is 2. The first-order valence-electron chi connectivity index (χ1n) is 7.52. The Balaban J connectivity index is 2.24. The fourth-order valence-corrected chi connectivity index (χ4v) is 3.42. The number of hydrogen-bond donors (Lipinski definition) is 1. The molecule has 0 aliphatic rings. The fraction of sp³-hybridized carbons (Fsp3) is 0.167. The SMILES string of the molecule is Cc1nn(C)c(C(O)c2c(F)cc(Cl)cc2F)c1-c1ccc(F)cc1Cl. The van der Waals surface area contributed by atoms with Crippen LogP contribution in [0.5, 0.6) is 0 Å². The topological polar surface area (TPSA) is 38.0 Å². The van der Waals surface area contributed by atoms with Crippen molar-refractivity contribution in [2.24, 2.45) is 7.05 Å². The largest absolute Gasteiger partial charge is 0.382 e. The van der Waals surface area contributed by atoms with Crippen molar-refractivity contribution in [3.63, 3.8) is 0 Å². The number of aliphatic hydroxyl groups is 1. The molecular formula is C18H13Cl2F3N2O. The molecule has 0 spiro atoms. The predicted molar refractivity (Wildman–Crippen MR) is 93.8 cm³/mol. The quantitative estimate of drug-likeness (QED) is 0.655. The van der Waals surface area contributed by atoms with Crippen LogP contribution in [-0.4, -0.2) is 14.9 Å². The molecule has 0 saturated carbocycles. The molecule has 8 heteroatoms. The van der Waals surface area contributed by atoms with Crippen molar-refractivity contribution >= 4 is 23.2 Å². The first kappa shape index (κ1) is 18.8. The second-order valence-electron chi connectivity index (χ2n) is 5.78. The van der Waals surface area contributed by atoms with Gasteiger partial charge in [0.15, 0.2) is 0 Å². The standard InChI is InChI=1S/C18H13Cl2F3N2O/c1-8-15(11-4-3-10(21)7-12(11)20)17(25(2)24-8)18(26)16-13(22)5-9(19)6-14(16)23/h3-7,18,26H,1-2H3. The van der Waals surface area contributed by atoms with Gasteiger partial charge >= 0.3 is 0 Å². The lowest BCUT2D eigenvalue weighted by Gasteiger charge is -2.17. The Morgan fingerprint density at radius 3 is 2.27 bits per heavy atom. The van der Waals surface area contributed by atoms with Crippen LogP contribution >= 0.6 is 23.2 Å². The van der Waals surface area contributed by atoms with E-state index < -0.39 is 29.1 Å². The molecule has 1 aromatic heterocycles. The van der Waals surface area contributed by atoms with Gasteiger partial charge in [-0.1, -0.05) is 23.2 Å². The lowest BCUT2D eigenvalue weighted by Crippen LogP contribution is -2.11. The van der Waals surface area contributed by atoms with E-state index in [9.17, 15) is 18.3 Å². The van der Waals surface area contributed by atoms with Crippen molar-refractivity contribution in [3.05, 3.63) is 74.8 Å². The molecule has 136 valence electrons. The highest BCUT2D eigenvalue weighted by Crippen LogP contribution is 2.39. The molecule has 3 aromatic rings. The molecule has 0 aliphatic heterocycles. The lowest BCUT2D eigenvalue weighted by atomic mass is 9.96. The Labute approximate surface area is 157 Å². The number of aliphatic hydroxyl groups excluding tert-OH is 1. The Hall–Kier alpha value is -2.02. The number of nitrogens with zero attached hydrogens (tertiary/aromatic N) is 2. The van der Waals surface area contributed by atoms with Crippen LogP contribution in [0.15, 0.2) is 30.3 Å². The zero-order valence-corrected chi connectivity index (χ0v) is 15.2. The first-order chi connectivity index (χ1) is 12.2. The van der Waals surface area contributed by atoms with Crippen molar-refractivity contribution in [2.75, 3.05) is 0 Å². The van der Waals surface area contributed by atoms with Gasteiger partial charge in [-0.3, -0.25) is 4.68 Å². The van der Waals surface area contributed by atoms with Crippen LogP contribution in [-0.2, 0) is 7.05 Å². The minimum absolute atomic E-state index is 0.0894. The van der Waals surface area contributed by atoms with Crippen LogP contribution in [0.3, 0.4) is 0 Å². The maximum atomic E-state index is 14.3. The van der Waals surface area contributed by atoms with E-state index in [4.69, 9.17) is 23.2 Å². The molecule has 0 fully saturated rings. The van der Waals surface area contributed by atoms with Gasteiger partial charge in [0.25, 0.3) is 0 Å². The van der Waals surface area contributed by atoms with Crippen molar-refractivity contribution in [2.45, 2.75) is 13.0 Å². The van der Waals surface area contributed by atoms with Crippen molar-refractivity contribution in [1.29, 1.82) is 0 Å². The summed E-state index contributed by atoms with van der Waals surface area (Å²) in [5.74, 6) is -2.51.